The molecule has 0 spiro atoms. The lowest BCUT2D eigenvalue weighted by molar-refractivity contribution is -0.578. The van der Waals surface area contributed by atoms with Crippen molar-refractivity contribution in [3.63, 3.8) is 0 Å². The molecule has 0 aliphatic heterocycles. The van der Waals surface area contributed by atoms with E-state index in [1.54, 1.807) is 4.74 Å². The maximum atomic E-state index is 14.3. The van der Waals surface area contributed by atoms with Gasteiger partial charge in [0, 0.05) is 0 Å². The van der Waals surface area contributed by atoms with E-state index in [1.165, 1.54) is 0 Å². The number of carbonyl (C=O) groups is 1. The lowest BCUT2D eigenvalue weighted by Gasteiger charge is -2.42. The van der Waals surface area contributed by atoms with E-state index in [0.717, 1.165) is 16.4 Å². The van der Waals surface area contributed by atoms with Crippen molar-refractivity contribution in [2.45, 2.75) is 86.3 Å². The zero-order valence-electron chi connectivity index (χ0n) is 19.9. The molecule has 0 bridgehead atoms. The Hall–Kier alpha value is -2.26. The monoisotopic (exact) mass is 718 g/mol. The van der Waals surface area contributed by atoms with Crippen LogP contribution < -0.4 is 0 Å². The van der Waals surface area contributed by atoms with E-state index in [0.29, 0.717) is 0 Å². The first-order chi connectivity index (χ1) is 18.9. The first kappa shape index (κ1) is 41.7. The zero-order chi connectivity index (χ0) is 36.0. The number of unbranched alkanes of at least 4 members (excludes halogenated alkanes) is 1. The van der Waals surface area contributed by atoms with Crippen molar-refractivity contribution in [1.29, 1.82) is 0 Å². The lowest BCUT2D eigenvalue weighted by atomic mass is 10.2. The Balaban J connectivity index is 7.24. The molecule has 0 fully saturated rings. The van der Waals surface area contributed by atoms with Crippen molar-refractivity contribution in [3.05, 3.63) is 0 Å². The van der Waals surface area contributed by atoms with Gasteiger partial charge in [0.05, 0.1) is 6.61 Å². The van der Waals surface area contributed by atoms with E-state index >= 15 is 0 Å². The first-order valence-electron chi connectivity index (χ1n) is 9.98. The molecule has 264 valence electrons. The maximum Gasteiger partial charge on any atom is 0.462 e. The molecule has 0 aliphatic carbocycles. The number of ether oxygens (including phenoxy) is 4. The van der Waals surface area contributed by atoms with Crippen molar-refractivity contribution in [2.24, 2.45) is 0 Å². The van der Waals surface area contributed by atoms with Crippen LogP contribution in [0.2, 0.25) is 0 Å². The number of halogens is 23. The molecule has 3 atom stereocenters. The van der Waals surface area contributed by atoms with Gasteiger partial charge in [0.25, 0.3) is 0 Å². The summed E-state index contributed by atoms with van der Waals surface area (Å²) in [4.78, 5) is 11.3. The van der Waals surface area contributed by atoms with Crippen LogP contribution >= 0.6 is 0 Å². The molecule has 44 heavy (non-hydrogen) atoms. The maximum absolute atomic E-state index is 14.3. The fourth-order valence-corrected chi connectivity index (χ4v) is 2.07. The lowest BCUT2D eigenvalue weighted by Crippen LogP contribution is -2.70. The second kappa shape index (κ2) is 11.8. The minimum absolute atomic E-state index is 0.180. The van der Waals surface area contributed by atoms with Gasteiger partial charge in [-0.25, -0.2) is 4.79 Å². The van der Waals surface area contributed by atoms with Gasteiger partial charge in [-0.05, 0) is 6.42 Å². The van der Waals surface area contributed by atoms with E-state index in [9.17, 15) is 106 Å². The number of carbonyl (C=O) groups excluding carboxylic acids is 1. The highest BCUT2D eigenvalue weighted by Crippen LogP contribution is 2.59. The summed E-state index contributed by atoms with van der Waals surface area (Å²) in [6, 6.07) is 0. The van der Waals surface area contributed by atoms with Crippen LogP contribution in [-0.4, -0.2) is 79.1 Å². The molecule has 5 nitrogen and oxygen atoms in total. The number of rotatable bonds is 13. The highest BCUT2D eigenvalue weighted by molar-refractivity contribution is 5.78. The summed E-state index contributed by atoms with van der Waals surface area (Å²) >= 11 is 0. The Morgan fingerprint density at radius 2 is 0.818 bits per heavy atom. The molecular weight excluding hydrogens is 709 g/mol. The molecule has 0 heterocycles. The minimum atomic E-state index is -8.74. The van der Waals surface area contributed by atoms with E-state index in [1.807, 2.05) is 0 Å². The van der Waals surface area contributed by atoms with E-state index < -0.39 is 85.5 Å². The van der Waals surface area contributed by atoms with Gasteiger partial charge in [-0.1, -0.05) is 13.3 Å². The standard InChI is InChI=1S/C16H9F23O5/c1-2-3-4-41-5(40)6(17,10(22,23)24)42-15(36,37)8(20,12(28,29)30)44-16(38,39)9(21,13(31,32)33)43-14(34,35)7(18,19)11(25,26)27/h2-4H2,1H3. The summed E-state index contributed by atoms with van der Waals surface area (Å²) < 4.78 is 311. The molecule has 0 N–H and O–H groups in total. The minimum Gasteiger partial charge on any atom is -0.461 e. The average Bonchev–Trinajstić information content (AvgIpc) is 2.74. The summed E-state index contributed by atoms with van der Waals surface area (Å²) in [5.74, 6) is -36.5. The predicted molar refractivity (Wildman–Crippen MR) is 84.6 cm³/mol. The molecule has 28 heteroatoms. The van der Waals surface area contributed by atoms with Gasteiger partial charge in [-0.3, -0.25) is 14.2 Å². The number of alkyl halides is 23. The summed E-state index contributed by atoms with van der Waals surface area (Å²) in [5, 5.41) is 0. The number of hydrogen-bond acceptors (Lipinski definition) is 5. The largest absolute Gasteiger partial charge is 0.462 e. The third kappa shape index (κ3) is 7.41. The van der Waals surface area contributed by atoms with Crippen molar-refractivity contribution < 1.29 is 125 Å². The predicted octanol–water partition coefficient (Wildman–Crippen LogP) is 8.04. The molecule has 0 aromatic heterocycles. The quantitative estimate of drug-likeness (QED) is 0.110. The van der Waals surface area contributed by atoms with Crippen LogP contribution in [0.3, 0.4) is 0 Å². The summed E-state index contributed by atoms with van der Waals surface area (Å²) in [7, 11) is 0. The Labute approximate surface area is 225 Å². The molecule has 0 aromatic rings. The molecule has 0 rings (SSSR count). The number of hydrogen-bond donors (Lipinski definition) is 0. The first-order valence-corrected chi connectivity index (χ1v) is 9.98. The van der Waals surface area contributed by atoms with Crippen molar-refractivity contribution >= 4 is 5.97 Å². The van der Waals surface area contributed by atoms with Crippen molar-refractivity contribution in [1.82, 2.24) is 0 Å². The molecule has 0 amide bonds. The third-order valence-electron chi connectivity index (χ3n) is 4.36. The Kier molecular flexibility index (Phi) is 11.2. The fourth-order valence-electron chi connectivity index (χ4n) is 2.07. The molecule has 0 aliphatic rings. The highest BCUT2D eigenvalue weighted by Gasteiger charge is 2.88. The topological polar surface area (TPSA) is 54.0 Å². The Morgan fingerprint density at radius 1 is 0.477 bits per heavy atom. The van der Waals surface area contributed by atoms with Gasteiger partial charge < -0.3 is 4.74 Å². The van der Waals surface area contributed by atoms with Crippen molar-refractivity contribution in [2.75, 3.05) is 6.61 Å². The van der Waals surface area contributed by atoms with E-state index in [-0.39, 0.29) is 6.42 Å². The summed E-state index contributed by atoms with van der Waals surface area (Å²) in [6.07, 6.45) is -58.3. The third-order valence-corrected chi connectivity index (χ3v) is 4.36. The van der Waals surface area contributed by atoms with Crippen LogP contribution in [0.4, 0.5) is 101 Å². The second-order valence-corrected chi connectivity index (χ2v) is 7.70. The summed E-state index contributed by atoms with van der Waals surface area (Å²) in [5.41, 5.74) is 0. The number of esters is 1. The normalized spacial score (nSPS) is 19.2. The average molecular weight is 718 g/mol. The van der Waals surface area contributed by atoms with Gasteiger partial charge in [0.15, 0.2) is 0 Å². The smallest absolute Gasteiger partial charge is 0.461 e. The van der Waals surface area contributed by atoms with Gasteiger partial charge in [0.2, 0.25) is 0 Å². The van der Waals surface area contributed by atoms with Gasteiger partial charge in [-0.15, -0.1) is 0 Å². The van der Waals surface area contributed by atoms with Crippen LogP contribution in [0, 0.1) is 0 Å². The van der Waals surface area contributed by atoms with Crippen LogP contribution in [0.1, 0.15) is 19.8 Å². The molecule has 0 aromatic carbocycles. The van der Waals surface area contributed by atoms with Crippen LogP contribution in [0.15, 0.2) is 0 Å². The molecule has 0 saturated carbocycles. The zero-order valence-corrected chi connectivity index (χ0v) is 19.9. The molecular formula is C16H9F23O5. The van der Waals surface area contributed by atoms with Crippen LogP contribution in [0.25, 0.3) is 0 Å². The summed E-state index contributed by atoms with van der Waals surface area (Å²) in [6.45, 7) is -0.274. The Morgan fingerprint density at radius 3 is 1.11 bits per heavy atom. The second-order valence-electron chi connectivity index (χ2n) is 7.70. The molecule has 0 saturated heterocycles. The van der Waals surface area contributed by atoms with Crippen molar-refractivity contribution in [3.8, 4) is 0 Å². The van der Waals surface area contributed by atoms with Gasteiger partial charge in [0.1, 0.15) is 0 Å². The fraction of sp³-hybridized carbons (Fsp3) is 0.938. The van der Waals surface area contributed by atoms with Gasteiger partial charge in [-0.2, -0.15) is 101 Å². The van der Waals surface area contributed by atoms with Crippen LogP contribution in [0.5, 0.6) is 0 Å². The van der Waals surface area contributed by atoms with E-state index in [4.69, 9.17) is 0 Å². The SMILES string of the molecule is CCCCOC(=O)C(F)(OC(F)(F)C(F)(OC(F)(F)C(F)(OC(F)(F)C(F)(F)C(F)(F)F)C(F)(F)F)C(F)(F)F)C(F)(F)F. The Bertz CT molecular complexity index is 999. The van der Waals surface area contributed by atoms with Crippen LogP contribution in [-0.2, 0) is 23.7 Å². The van der Waals surface area contributed by atoms with E-state index in [2.05, 4.69) is 4.74 Å². The highest BCUT2D eigenvalue weighted by atomic mass is 19.4. The van der Waals surface area contributed by atoms with Gasteiger partial charge >= 0.3 is 72.5 Å². The molecule has 0 radical (unpaired) electrons. The molecule has 3 unspecified atom stereocenters.